The third kappa shape index (κ3) is 5.06. The van der Waals surface area contributed by atoms with E-state index in [0.717, 1.165) is 53.2 Å². The number of hydrogen-bond acceptors (Lipinski definition) is 8. The molecular weight excluding hydrogens is 581 g/mol. The minimum atomic E-state index is -1.34. The van der Waals surface area contributed by atoms with Gasteiger partial charge in [-0.3, -0.25) is 9.88 Å². The average Bonchev–Trinajstić information content (AvgIpc) is 3.75. The second-order valence-electron chi connectivity index (χ2n) is 11.3. The largest absolute Gasteiger partial charge is 0.478 e. The van der Waals surface area contributed by atoms with Crippen LogP contribution in [-0.4, -0.2) is 43.6 Å². The van der Waals surface area contributed by atoms with E-state index >= 15 is 0 Å². The Morgan fingerprint density at radius 1 is 1.16 bits per heavy atom. The summed E-state index contributed by atoms with van der Waals surface area (Å²) in [5.74, 6) is -0.528. The number of nitriles is 1. The topological polar surface area (TPSA) is 114 Å². The Labute approximate surface area is 256 Å². The van der Waals surface area contributed by atoms with Crippen molar-refractivity contribution in [2.24, 2.45) is 0 Å². The van der Waals surface area contributed by atoms with Gasteiger partial charge in [-0.25, -0.2) is 14.2 Å². The number of para-hydroxylation sites is 1. The number of aromatic nitrogens is 3. The van der Waals surface area contributed by atoms with Gasteiger partial charge in [-0.05, 0) is 74.3 Å². The quantitative estimate of drug-likeness (QED) is 0.230. The van der Waals surface area contributed by atoms with Crippen molar-refractivity contribution in [2.45, 2.75) is 44.6 Å². The number of thiazole rings is 1. The second-order valence-corrected chi connectivity index (χ2v) is 12.2. The molecule has 1 N–H and O–H groups in total. The van der Waals surface area contributed by atoms with Crippen molar-refractivity contribution < 1.29 is 23.8 Å². The predicted octanol–water partition coefficient (Wildman–Crippen LogP) is 6.27. The van der Waals surface area contributed by atoms with Gasteiger partial charge < -0.3 is 19.1 Å². The number of carbonyl (C=O) groups is 1. The van der Waals surface area contributed by atoms with E-state index in [9.17, 15) is 14.3 Å². The number of fused-ring (bicyclic) bond motifs is 2. The molecule has 2 aliphatic heterocycles. The molecular formula is C33H28FN5O4S. The van der Waals surface area contributed by atoms with Gasteiger partial charge in [-0.1, -0.05) is 12.1 Å². The molecule has 1 unspecified atom stereocenters. The molecule has 1 saturated heterocycles. The van der Waals surface area contributed by atoms with Crippen LogP contribution in [0.2, 0.25) is 0 Å². The van der Waals surface area contributed by atoms with E-state index in [1.54, 1.807) is 54.1 Å². The summed E-state index contributed by atoms with van der Waals surface area (Å²) in [6, 6.07) is 17.1. The van der Waals surface area contributed by atoms with Crippen LogP contribution in [0, 0.1) is 17.1 Å². The molecule has 2 aromatic heterocycles. The molecule has 1 fully saturated rings. The number of rotatable bonds is 7. The van der Waals surface area contributed by atoms with E-state index in [1.807, 2.05) is 24.4 Å². The minimum Gasteiger partial charge on any atom is -0.478 e. The molecule has 0 saturated carbocycles. The second kappa shape index (κ2) is 11.0. The molecule has 0 amide bonds. The Hall–Kier alpha value is -4.79. The first-order chi connectivity index (χ1) is 21.3. The summed E-state index contributed by atoms with van der Waals surface area (Å²) in [5, 5.41) is 18.7. The number of carboxylic acids is 1. The van der Waals surface area contributed by atoms with E-state index in [4.69, 9.17) is 19.7 Å². The Morgan fingerprint density at radius 2 is 2.00 bits per heavy atom. The molecule has 222 valence electrons. The van der Waals surface area contributed by atoms with Crippen molar-refractivity contribution in [1.82, 2.24) is 19.4 Å². The summed E-state index contributed by atoms with van der Waals surface area (Å²) >= 11 is 1.56. The highest BCUT2D eigenvalue weighted by Crippen LogP contribution is 2.49. The molecule has 1 atom stereocenters. The van der Waals surface area contributed by atoms with Gasteiger partial charge in [0.05, 0.1) is 52.4 Å². The Bertz CT molecular complexity index is 1930. The number of carboxylic acid groups (broad SMARTS) is 1. The maximum absolute atomic E-state index is 14.9. The van der Waals surface area contributed by atoms with E-state index < -0.39 is 17.6 Å². The van der Waals surface area contributed by atoms with Crippen molar-refractivity contribution in [3.8, 4) is 17.6 Å². The molecule has 0 spiro atoms. The van der Waals surface area contributed by atoms with Gasteiger partial charge in [0.15, 0.2) is 11.5 Å². The Balaban J connectivity index is 1.09. The zero-order valence-electron chi connectivity index (χ0n) is 23.9. The number of nitrogens with zero attached hydrogens (tertiary/aromatic N) is 5. The first-order valence-corrected chi connectivity index (χ1v) is 15.2. The van der Waals surface area contributed by atoms with E-state index in [2.05, 4.69) is 20.5 Å². The molecule has 11 heteroatoms. The molecule has 0 radical (unpaired) electrons. The lowest BCUT2D eigenvalue weighted by molar-refractivity contribution is -0.0712. The van der Waals surface area contributed by atoms with Crippen LogP contribution in [0.15, 0.2) is 66.3 Å². The monoisotopic (exact) mass is 609 g/mol. The normalized spacial score (nSPS) is 18.5. The van der Waals surface area contributed by atoms with Crippen LogP contribution in [-0.2, 0) is 18.9 Å². The van der Waals surface area contributed by atoms with Crippen molar-refractivity contribution >= 4 is 28.3 Å². The van der Waals surface area contributed by atoms with Gasteiger partial charge in [-0.15, -0.1) is 11.3 Å². The zero-order valence-corrected chi connectivity index (χ0v) is 24.7. The summed E-state index contributed by atoms with van der Waals surface area (Å²) in [6.07, 6.45) is 3.61. The highest BCUT2D eigenvalue weighted by Gasteiger charge is 2.43. The first-order valence-electron chi connectivity index (χ1n) is 14.3. The maximum atomic E-state index is 14.9. The van der Waals surface area contributed by atoms with E-state index in [0.29, 0.717) is 24.6 Å². The van der Waals surface area contributed by atoms with Gasteiger partial charge in [0.25, 0.3) is 5.79 Å². The van der Waals surface area contributed by atoms with Crippen molar-refractivity contribution in [3.63, 3.8) is 0 Å². The van der Waals surface area contributed by atoms with Gasteiger partial charge in [0, 0.05) is 23.6 Å². The van der Waals surface area contributed by atoms with Gasteiger partial charge in [-0.2, -0.15) is 5.26 Å². The lowest BCUT2D eigenvalue weighted by Crippen LogP contribution is -2.34. The van der Waals surface area contributed by atoms with Crippen LogP contribution < -0.4 is 9.47 Å². The molecule has 0 aliphatic carbocycles. The highest BCUT2D eigenvalue weighted by atomic mass is 32.1. The smallest absolute Gasteiger partial charge is 0.335 e. The standard InChI is InChI=1S/C33H28FN5O4S/c1-33(25-7-5-20(15-35)13-26(25)34)42-29-4-2-3-24(31(29)43-33)21-9-11-38(12-10-21)18-30-37-27-8-6-22(32(40)41)14-28(27)39(30)17-23-16-36-19-44-23/h2-8,13-14,16,19,21H,9-12,17-18H2,1H3,(H,40,41). The fourth-order valence-corrected chi connectivity index (χ4v) is 6.80. The molecule has 44 heavy (non-hydrogen) atoms. The van der Waals surface area contributed by atoms with Crippen molar-refractivity contribution in [3.05, 3.63) is 105 Å². The Morgan fingerprint density at radius 3 is 2.73 bits per heavy atom. The minimum absolute atomic E-state index is 0.229. The van der Waals surface area contributed by atoms with Gasteiger partial charge in [0.1, 0.15) is 11.6 Å². The third-order valence-corrected chi connectivity index (χ3v) is 9.23. The number of hydrogen-bond donors (Lipinski definition) is 1. The van der Waals surface area contributed by atoms with Crippen LogP contribution in [0.25, 0.3) is 11.0 Å². The highest BCUT2D eigenvalue weighted by molar-refractivity contribution is 7.09. The van der Waals surface area contributed by atoms with Crippen molar-refractivity contribution in [1.29, 1.82) is 5.26 Å². The van der Waals surface area contributed by atoms with Crippen LogP contribution in [0.5, 0.6) is 11.5 Å². The summed E-state index contributed by atoms with van der Waals surface area (Å²) in [7, 11) is 0. The molecule has 4 heterocycles. The SMILES string of the molecule is CC1(c2ccc(C#N)cc2F)Oc2cccc(C3CCN(Cc4nc5ccc(C(=O)O)cc5n4Cc4cncs4)CC3)c2O1. The summed E-state index contributed by atoms with van der Waals surface area (Å²) < 4.78 is 29.6. The van der Waals surface area contributed by atoms with Crippen LogP contribution in [0.3, 0.4) is 0 Å². The Kier molecular flexibility index (Phi) is 7.03. The van der Waals surface area contributed by atoms with Crippen LogP contribution in [0.1, 0.15) is 63.4 Å². The summed E-state index contributed by atoms with van der Waals surface area (Å²) in [5.41, 5.74) is 5.10. The fraction of sp³-hybridized carbons (Fsp3) is 0.273. The first kappa shape index (κ1) is 28.0. The zero-order chi connectivity index (χ0) is 30.4. The summed E-state index contributed by atoms with van der Waals surface area (Å²) in [6.45, 7) is 4.57. The molecule has 2 aliphatic rings. The van der Waals surface area contributed by atoms with E-state index in [-0.39, 0.29) is 22.6 Å². The number of piperidine rings is 1. The average molecular weight is 610 g/mol. The van der Waals surface area contributed by atoms with E-state index in [1.165, 1.54) is 6.07 Å². The van der Waals surface area contributed by atoms with Crippen molar-refractivity contribution in [2.75, 3.05) is 13.1 Å². The molecule has 7 rings (SSSR count). The lowest BCUT2D eigenvalue weighted by atomic mass is 9.88. The predicted molar refractivity (Wildman–Crippen MR) is 161 cm³/mol. The number of ether oxygens (including phenoxy) is 2. The molecule has 0 bridgehead atoms. The van der Waals surface area contributed by atoms with Gasteiger partial charge >= 0.3 is 5.97 Å². The number of benzene rings is 3. The summed E-state index contributed by atoms with van der Waals surface area (Å²) in [4.78, 5) is 24.2. The molecule has 5 aromatic rings. The number of aromatic carboxylic acids is 1. The molecule has 3 aromatic carbocycles. The number of imidazole rings is 1. The molecule has 9 nitrogen and oxygen atoms in total. The fourth-order valence-electron chi connectivity index (χ4n) is 6.21. The maximum Gasteiger partial charge on any atom is 0.335 e. The van der Waals surface area contributed by atoms with Gasteiger partial charge in [0.2, 0.25) is 0 Å². The number of likely N-dealkylation sites (tertiary alicyclic amines) is 1. The van der Waals surface area contributed by atoms with Crippen LogP contribution in [0.4, 0.5) is 4.39 Å². The third-order valence-electron chi connectivity index (χ3n) is 8.46. The lowest BCUT2D eigenvalue weighted by Gasteiger charge is -2.32. The number of halogens is 1. The van der Waals surface area contributed by atoms with Crippen LogP contribution >= 0.6 is 11.3 Å².